The van der Waals surface area contributed by atoms with E-state index in [0.717, 1.165) is 32.0 Å². The summed E-state index contributed by atoms with van der Waals surface area (Å²) in [5.74, 6) is 0. The second-order valence-electron chi connectivity index (χ2n) is 4.61. The van der Waals surface area contributed by atoms with Crippen LogP contribution in [0.3, 0.4) is 0 Å². The van der Waals surface area contributed by atoms with Gasteiger partial charge in [-0.15, -0.1) is 0 Å². The van der Waals surface area contributed by atoms with Crippen LogP contribution in [0.1, 0.15) is 12.5 Å². The van der Waals surface area contributed by atoms with Gasteiger partial charge in [-0.2, -0.15) is 0 Å². The third-order valence-electron chi connectivity index (χ3n) is 2.82. The normalized spacial score (nSPS) is 18.5. The molecule has 3 N–H and O–H groups in total. The first-order valence-corrected chi connectivity index (χ1v) is 5.31. The van der Waals surface area contributed by atoms with E-state index in [1.807, 2.05) is 18.2 Å². The predicted octanol–water partition coefficient (Wildman–Crippen LogP) is 1.39. The van der Waals surface area contributed by atoms with Gasteiger partial charge in [-0.3, -0.25) is 0 Å². The Kier molecular flexibility index (Phi) is 2.93. The number of nitrogens with two attached hydrogens (primary N) is 1. The highest BCUT2D eigenvalue weighted by Gasteiger charge is 2.32. The van der Waals surface area contributed by atoms with E-state index < -0.39 is 0 Å². The number of nitrogen functional groups attached to an aromatic ring is 1. The Morgan fingerprint density at radius 2 is 2.13 bits per heavy atom. The summed E-state index contributed by atoms with van der Waals surface area (Å²) in [5, 5.41) is 3.42. The maximum absolute atomic E-state index is 5.85. The highest BCUT2D eigenvalue weighted by Crippen LogP contribution is 2.25. The van der Waals surface area contributed by atoms with E-state index in [2.05, 4.69) is 18.3 Å². The average molecular weight is 206 g/mol. The predicted molar refractivity (Wildman–Crippen MR) is 61.5 cm³/mol. The lowest BCUT2D eigenvalue weighted by Crippen LogP contribution is -2.47. The molecule has 1 aromatic rings. The minimum atomic E-state index is 0.323. The molecule has 1 aliphatic rings. The SMILES string of the molecule is CC1(CNCc2ccccc2N)COC1. The van der Waals surface area contributed by atoms with Crippen molar-refractivity contribution in [3.63, 3.8) is 0 Å². The molecular formula is C12H18N2O. The Morgan fingerprint density at radius 1 is 1.40 bits per heavy atom. The summed E-state index contributed by atoms with van der Waals surface area (Å²) in [4.78, 5) is 0. The van der Waals surface area contributed by atoms with Gasteiger partial charge in [-0.05, 0) is 11.6 Å². The van der Waals surface area contributed by atoms with Crippen molar-refractivity contribution in [2.45, 2.75) is 13.5 Å². The Morgan fingerprint density at radius 3 is 2.73 bits per heavy atom. The van der Waals surface area contributed by atoms with Crippen molar-refractivity contribution in [1.29, 1.82) is 0 Å². The van der Waals surface area contributed by atoms with Crippen LogP contribution in [0.15, 0.2) is 24.3 Å². The van der Waals surface area contributed by atoms with Crippen molar-refractivity contribution in [2.75, 3.05) is 25.5 Å². The minimum absolute atomic E-state index is 0.323. The van der Waals surface area contributed by atoms with Crippen molar-refractivity contribution in [3.05, 3.63) is 29.8 Å². The van der Waals surface area contributed by atoms with Gasteiger partial charge in [-0.25, -0.2) is 0 Å². The molecule has 0 amide bonds. The van der Waals surface area contributed by atoms with Crippen molar-refractivity contribution in [3.8, 4) is 0 Å². The average Bonchev–Trinajstić information content (AvgIpc) is 2.18. The van der Waals surface area contributed by atoms with Crippen LogP contribution >= 0.6 is 0 Å². The van der Waals surface area contributed by atoms with E-state index in [4.69, 9.17) is 10.5 Å². The van der Waals surface area contributed by atoms with Crippen LogP contribution < -0.4 is 11.1 Å². The molecule has 15 heavy (non-hydrogen) atoms. The number of ether oxygens (including phenoxy) is 1. The monoisotopic (exact) mass is 206 g/mol. The molecule has 0 saturated carbocycles. The van der Waals surface area contributed by atoms with Crippen LogP contribution in [-0.4, -0.2) is 19.8 Å². The summed E-state index contributed by atoms with van der Waals surface area (Å²) < 4.78 is 5.20. The number of hydrogen-bond donors (Lipinski definition) is 2. The second-order valence-corrected chi connectivity index (χ2v) is 4.61. The van der Waals surface area contributed by atoms with Gasteiger partial charge in [0.1, 0.15) is 0 Å². The largest absolute Gasteiger partial charge is 0.398 e. The molecule has 3 nitrogen and oxygen atoms in total. The summed E-state index contributed by atoms with van der Waals surface area (Å²) in [6, 6.07) is 7.97. The summed E-state index contributed by atoms with van der Waals surface area (Å²) in [6.45, 7) is 5.79. The van der Waals surface area contributed by atoms with E-state index in [-0.39, 0.29) is 0 Å². The molecule has 82 valence electrons. The lowest BCUT2D eigenvalue weighted by Gasteiger charge is -2.38. The zero-order valence-electron chi connectivity index (χ0n) is 9.12. The second kappa shape index (κ2) is 4.21. The van der Waals surface area contributed by atoms with Crippen LogP contribution in [0, 0.1) is 5.41 Å². The van der Waals surface area contributed by atoms with E-state index in [1.165, 1.54) is 5.56 Å². The molecule has 0 atom stereocenters. The maximum Gasteiger partial charge on any atom is 0.0554 e. The van der Waals surface area contributed by atoms with Gasteiger partial charge in [0.15, 0.2) is 0 Å². The van der Waals surface area contributed by atoms with Gasteiger partial charge in [0.2, 0.25) is 0 Å². The third-order valence-corrected chi connectivity index (χ3v) is 2.82. The van der Waals surface area contributed by atoms with Gasteiger partial charge in [0.05, 0.1) is 13.2 Å². The molecule has 1 heterocycles. The maximum atomic E-state index is 5.85. The Balaban J connectivity index is 1.81. The van der Waals surface area contributed by atoms with Crippen LogP contribution in [0.2, 0.25) is 0 Å². The van der Waals surface area contributed by atoms with Gasteiger partial charge in [0.25, 0.3) is 0 Å². The molecule has 0 spiro atoms. The first-order valence-electron chi connectivity index (χ1n) is 5.31. The number of rotatable bonds is 4. The van der Waals surface area contributed by atoms with E-state index in [0.29, 0.717) is 5.41 Å². The number of anilines is 1. The van der Waals surface area contributed by atoms with Crippen LogP contribution in [0.4, 0.5) is 5.69 Å². The number of hydrogen-bond acceptors (Lipinski definition) is 3. The summed E-state index contributed by atoms with van der Waals surface area (Å²) in [6.07, 6.45) is 0. The molecule has 1 aromatic carbocycles. The summed E-state index contributed by atoms with van der Waals surface area (Å²) >= 11 is 0. The van der Waals surface area contributed by atoms with Crippen molar-refractivity contribution in [1.82, 2.24) is 5.32 Å². The zero-order valence-corrected chi connectivity index (χ0v) is 9.12. The Hall–Kier alpha value is -1.06. The van der Waals surface area contributed by atoms with Gasteiger partial charge < -0.3 is 15.8 Å². The third kappa shape index (κ3) is 2.49. The molecule has 3 heteroatoms. The van der Waals surface area contributed by atoms with E-state index in [1.54, 1.807) is 0 Å². The number of benzene rings is 1. The zero-order chi connectivity index (χ0) is 10.7. The smallest absolute Gasteiger partial charge is 0.0554 e. The Labute approximate surface area is 90.6 Å². The van der Waals surface area contributed by atoms with E-state index in [9.17, 15) is 0 Å². The number of para-hydroxylation sites is 1. The topological polar surface area (TPSA) is 47.3 Å². The molecule has 1 saturated heterocycles. The lowest BCUT2D eigenvalue weighted by molar-refractivity contribution is -0.0991. The lowest BCUT2D eigenvalue weighted by atomic mass is 9.89. The fourth-order valence-corrected chi connectivity index (χ4v) is 1.75. The molecular weight excluding hydrogens is 188 g/mol. The van der Waals surface area contributed by atoms with Crippen LogP contribution in [0.25, 0.3) is 0 Å². The fraction of sp³-hybridized carbons (Fsp3) is 0.500. The highest BCUT2D eigenvalue weighted by molar-refractivity contribution is 5.46. The summed E-state index contributed by atoms with van der Waals surface area (Å²) in [7, 11) is 0. The van der Waals surface area contributed by atoms with Crippen molar-refractivity contribution >= 4 is 5.69 Å². The first-order chi connectivity index (χ1) is 7.20. The fourth-order valence-electron chi connectivity index (χ4n) is 1.75. The van der Waals surface area contributed by atoms with Crippen molar-refractivity contribution in [2.24, 2.45) is 5.41 Å². The van der Waals surface area contributed by atoms with Gasteiger partial charge in [0, 0.05) is 24.2 Å². The first kappa shape index (κ1) is 10.5. The molecule has 1 fully saturated rings. The van der Waals surface area contributed by atoms with Gasteiger partial charge in [-0.1, -0.05) is 25.1 Å². The molecule has 0 aromatic heterocycles. The van der Waals surface area contributed by atoms with Gasteiger partial charge >= 0.3 is 0 Å². The minimum Gasteiger partial charge on any atom is -0.398 e. The molecule has 0 aliphatic carbocycles. The molecule has 0 radical (unpaired) electrons. The van der Waals surface area contributed by atoms with Crippen LogP contribution in [-0.2, 0) is 11.3 Å². The van der Waals surface area contributed by atoms with E-state index >= 15 is 0 Å². The highest BCUT2D eigenvalue weighted by atomic mass is 16.5. The van der Waals surface area contributed by atoms with Crippen molar-refractivity contribution < 1.29 is 4.74 Å². The molecule has 0 bridgehead atoms. The molecule has 2 rings (SSSR count). The summed E-state index contributed by atoms with van der Waals surface area (Å²) in [5.41, 5.74) is 8.20. The molecule has 0 unspecified atom stereocenters. The van der Waals surface area contributed by atoms with Crippen LogP contribution in [0.5, 0.6) is 0 Å². The quantitative estimate of drug-likeness (QED) is 0.732. The molecule has 1 aliphatic heterocycles. The standard InChI is InChI=1S/C12H18N2O/c1-12(8-15-9-12)7-14-6-10-4-2-3-5-11(10)13/h2-5,14H,6-9,13H2,1H3. The number of nitrogens with one attached hydrogen (secondary N) is 1. The Bertz CT molecular complexity index is 334.